The molecule has 1 aliphatic carbocycles. The third-order valence-corrected chi connectivity index (χ3v) is 4.25. The second kappa shape index (κ2) is 4.39. The number of benzene rings is 1. The monoisotopic (exact) mass is 284 g/mol. The number of amides is 1. The first kappa shape index (κ1) is 12.5. The Morgan fingerprint density at radius 3 is 2.62 bits per heavy atom. The fourth-order valence-corrected chi connectivity index (χ4v) is 2.85. The number of hydrogen-bond acceptors (Lipinski definition) is 4. The van der Waals surface area contributed by atoms with Gasteiger partial charge in [-0.25, -0.2) is 0 Å². The Morgan fingerprint density at radius 2 is 1.95 bits per heavy atom. The van der Waals surface area contributed by atoms with E-state index in [9.17, 15) is 9.90 Å². The van der Waals surface area contributed by atoms with Crippen molar-refractivity contribution in [3.05, 3.63) is 42.2 Å². The molecule has 6 heteroatoms. The molecule has 1 N–H and O–H groups in total. The van der Waals surface area contributed by atoms with Crippen LogP contribution in [0.25, 0.3) is 5.69 Å². The second-order valence-electron chi connectivity index (χ2n) is 5.89. The molecule has 0 atom stereocenters. The standard InChI is InChI=1S/C15H16N4O2/c20-14(18-9-15(21,10-18)11-6-7-11)13-8-16-19(17-13)12-4-2-1-3-5-12/h1-5,8,11,21H,6-7,9-10H2. The summed E-state index contributed by atoms with van der Waals surface area (Å²) in [5, 5.41) is 18.6. The summed E-state index contributed by atoms with van der Waals surface area (Å²) in [5.41, 5.74) is 0.469. The van der Waals surface area contributed by atoms with Crippen LogP contribution < -0.4 is 0 Å². The minimum Gasteiger partial charge on any atom is -0.386 e. The first-order valence-electron chi connectivity index (χ1n) is 7.15. The molecule has 0 unspecified atom stereocenters. The lowest BCUT2D eigenvalue weighted by molar-refractivity contribution is -0.0959. The normalized spacial score (nSPS) is 20.1. The van der Waals surface area contributed by atoms with Crippen molar-refractivity contribution in [2.45, 2.75) is 18.4 Å². The molecule has 0 bridgehead atoms. The summed E-state index contributed by atoms with van der Waals surface area (Å²) in [5.74, 6) is 0.212. The number of aliphatic hydroxyl groups is 1. The fourth-order valence-electron chi connectivity index (χ4n) is 2.85. The van der Waals surface area contributed by atoms with Gasteiger partial charge in [0.25, 0.3) is 5.91 Å². The van der Waals surface area contributed by atoms with Crippen molar-refractivity contribution in [2.75, 3.05) is 13.1 Å². The van der Waals surface area contributed by atoms with Crippen LogP contribution in [-0.2, 0) is 0 Å². The molecule has 6 nitrogen and oxygen atoms in total. The highest BCUT2D eigenvalue weighted by atomic mass is 16.3. The van der Waals surface area contributed by atoms with Gasteiger partial charge in [-0.3, -0.25) is 4.79 Å². The van der Waals surface area contributed by atoms with Gasteiger partial charge in [0.2, 0.25) is 0 Å². The quantitative estimate of drug-likeness (QED) is 0.907. The highest BCUT2D eigenvalue weighted by Gasteiger charge is 2.53. The maximum absolute atomic E-state index is 12.3. The van der Waals surface area contributed by atoms with E-state index in [2.05, 4.69) is 10.2 Å². The zero-order chi connectivity index (χ0) is 14.4. The van der Waals surface area contributed by atoms with E-state index in [0.29, 0.717) is 24.7 Å². The maximum Gasteiger partial charge on any atom is 0.276 e. The molecule has 108 valence electrons. The van der Waals surface area contributed by atoms with Gasteiger partial charge in [0, 0.05) is 0 Å². The number of hydrogen-bond donors (Lipinski definition) is 1. The number of aromatic nitrogens is 3. The van der Waals surface area contributed by atoms with Gasteiger partial charge in [-0.1, -0.05) is 18.2 Å². The van der Waals surface area contributed by atoms with E-state index in [4.69, 9.17) is 0 Å². The molecule has 2 fully saturated rings. The minimum atomic E-state index is -0.662. The smallest absolute Gasteiger partial charge is 0.276 e. The molecule has 2 aromatic rings. The molecule has 2 aliphatic rings. The molecule has 0 spiro atoms. The fraction of sp³-hybridized carbons (Fsp3) is 0.400. The van der Waals surface area contributed by atoms with Crippen molar-refractivity contribution in [3.8, 4) is 5.69 Å². The molecule has 1 aliphatic heterocycles. The summed E-state index contributed by atoms with van der Waals surface area (Å²) in [4.78, 5) is 15.4. The summed E-state index contributed by atoms with van der Waals surface area (Å²) >= 11 is 0. The number of carbonyl (C=O) groups is 1. The summed E-state index contributed by atoms with van der Waals surface area (Å²) in [6.07, 6.45) is 3.62. The predicted molar refractivity (Wildman–Crippen MR) is 74.9 cm³/mol. The lowest BCUT2D eigenvalue weighted by atomic mass is 9.88. The Bertz CT molecular complexity index is 672. The molecular formula is C15H16N4O2. The lowest BCUT2D eigenvalue weighted by Crippen LogP contribution is -2.64. The Labute approximate surface area is 122 Å². The summed E-state index contributed by atoms with van der Waals surface area (Å²) < 4.78 is 0. The average Bonchev–Trinajstić information content (AvgIpc) is 3.22. The van der Waals surface area contributed by atoms with Crippen LogP contribution >= 0.6 is 0 Å². The van der Waals surface area contributed by atoms with Crippen LogP contribution in [0.5, 0.6) is 0 Å². The van der Waals surface area contributed by atoms with E-state index in [1.807, 2.05) is 30.3 Å². The number of likely N-dealkylation sites (tertiary alicyclic amines) is 1. The van der Waals surface area contributed by atoms with Crippen molar-refractivity contribution in [2.24, 2.45) is 5.92 Å². The van der Waals surface area contributed by atoms with Crippen LogP contribution in [0.3, 0.4) is 0 Å². The van der Waals surface area contributed by atoms with Crippen molar-refractivity contribution in [3.63, 3.8) is 0 Å². The van der Waals surface area contributed by atoms with Crippen LogP contribution in [0, 0.1) is 5.92 Å². The van der Waals surface area contributed by atoms with Gasteiger partial charge in [0.05, 0.1) is 25.0 Å². The summed E-state index contributed by atoms with van der Waals surface area (Å²) in [6, 6.07) is 9.46. The van der Waals surface area contributed by atoms with Gasteiger partial charge >= 0.3 is 0 Å². The molecular weight excluding hydrogens is 268 g/mol. The van der Waals surface area contributed by atoms with E-state index in [1.165, 1.54) is 11.0 Å². The van der Waals surface area contributed by atoms with Crippen LogP contribution in [0.4, 0.5) is 0 Å². The van der Waals surface area contributed by atoms with Crippen LogP contribution in [-0.4, -0.2) is 49.6 Å². The molecule has 1 amide bonds. The van der Waals surface area contributed by atoms with Crippen LogP contribution in [0.1, 0.15) is 23.3 Å². The third kappa shape index (κ3) is 2.12. The molecule has 2 heterocycles. The largest absolute Gasteiger partial charge is 0.386 e. The van der Waals surface area contributed by atoms with E-state index in [0.717, 1.165) is 18.5 Å². The Hall–Kier alpha value is -2.21. The van der Waals surface area contributed by atoms with E-state index >= 15 is 0 Å². The van der Waals surface area contributed by atoms with Crippen molar-refractivity contribution in [1.29, 1.82) is 0 Å². The molecule has 1 aromatic heterocycles. The highest BCUT2D eigenvalue weighted by molar-refractivity contribution is 5.92. The van der Waals surface area contributed by atoms with Crippen LogP contribution in [0.2, 0.25) is 0 Å². The van der Waals surface area contributed by atoms with Crippen molar-refractivity contribution >= 4 is 5.91 Å². The van der Waals surface area contributed by atoms with E-state index in [1.54, 1.807) is 4.90 Å². The topological polar surface area (TPSA) is 71.2 Å². The Kier molecular flexibility index (Phi) is 2.62. The van der Waals surface area contributed by atoms with Crippen LogP contribution in [0.15, 0.2) is 36.5 Å². The zero-order valence-corrected chi connectivity index (χ0v) is 11.5. The SMILES string of the molecule is O=C(c1cnn(-c2ccccc2)n1)N1CC(O)(C2CC2)C1. The second-order valence-corrected chi connectivity index (χ2v) is 5.89. The van der Waals surface area contributed by atoms with Crippen molar-refractivity contribution in [1.82, 2.24) is 19.9 Å². The Morgan fingerprint density at radius 1 is 1.24 bits per heavy atom. The third-order valence-electron chi connectivity index (χ3n) is 4.25. The van der Waals surface area contributed by atoms with Gasteiger partial charge < -0.3 is 10.0 Å². The summed E-state index contributed by atoms with van der Waals surface area (Å²) in [7, 11) is 0. The Balaban J connectivity index is 1.48. The number of nitrogens with zero attached hydrogens (tertiary/aromatic N) is 4. The number of rotatable bonds is 3. The molecule has 1 saturated heterocycles. The maximum atomic E-state index is 12.3. The van der Waals surface area contributed by atoms with Crippen molar-refractivity contribution < 1.29 is 9.90 Å². The van der Waals surface area contributed by atoms with Gasteiger partial charge in [0.15, 0.2) is 5.69 Å². The van der Waals surface area contributed by atoms with Gasteiger partial charge in [-0.05, 0) is 30.9 Å². The van der Waals surface area contributed by atoms with E-state index in [-0.39, 0.29) is 5.91 Å². The van der Waals surface area contributed by atoms with Gasteiger partial charge in [-0.15, -0.1) is 5.10 Å². The van der Waals surface area contributed by atoms with Gasteiger partial charge in [-0.2, -0.15) is 9.90 Å². The predicted octanol–water partition coefficient (Wildman–Crippen LogP) is 0.864. The molecule has 4 rings (SSSR count). The number of β-amino-alcohol motifs (C(OH)–C–C–N with tert-alkyl or cyclic N) is 1. The molecule has 1 aromatic carbocycles. The van der Waals surface area contributed by atoms with Gasteiger partial charge in [0.1, 0.15) is 5.60 Å². The highest BCUT2D eigenvalue weighted by Crippen LogP contribution is 2.44. The van der Waals surface area contributed by atoms with E-state index < -0.39 is 5.60 Å². The number of carbonyl (C=O) groups excluding carboxylic acids is 1. The number of para-hydroxylation sites is 1. The molecule has 1 saturated carbocycles. The first-order valence-corrected chi connectivity index (χ1v) is 7.15. The molecule has 0 radical (unpaired) electrons. The lowest BCUT2D eigenvalue weighted by Gasteiger charge is -2.46. The molecule has 21 heavy (non-hydrogen) atoms. The first-order chi connectivity index (χ1) is 10.2. The average molecular weight is 284 g/mol. The minimum absolute atomic E-state index is 0.164. The summed E-state index contributed by atoms with van der Waals surface area (Å²) in [6.45, 7) is 0.823. The zero-order valence-electron chi connectivity index (χ0n) is 11.5.